The number of hydrogen-bond acceptors (Lipinski definition) is 3. The van der Waals surface area contributed by atoms with Crippen LogP contribution in [-0.2, 0) is 9.59 Å². The normalized spacial score (nSPS) is 21.2. The molecule has 5 nitrogen and oxygen atoms in total. The number of allylic oxidation sites excluding steroid dienone is 4. The van der Waals surface area contributed by atoms with Crippen LogP contribution in [0.1, 0.15) is 94.4 Å². The Hall–Kier alpha value is -3.61. The molecule has 0 N–H and O–H groups in total. The summed E-state index contributed by atoms with van der Waals surface area (Å²) in [6.45, 7) is 12.5. The maximum absolute atomic E-state index is 14.8. The minimum Gasteiger partial charge on any atom is -0.343 e. The average Bonchev–Trinajstić information content (AvgIpc) is 3.09. The first-order valence-electron chi connectivity index (χ1n) is 14.6. The van der Waals surface area contributed by atoms with E-state index in [-0.39, 0.29) is 35.6 Å². The molecule has 2 aromatic rings. The van der Waals surface area contributed by atoms with Gasteiger partial charge in [0.25, 0.3) is 0 Å². The minimum absolute atomic E-state index is 0.0129. The molecule has 218 valence electrons. The summed E-state index contributed by atoms with van der Waals surface area (Å²) in [5.41, 5.74) is 4.18. The molecule has 7 heteroatoms. The van der Waals surface area contributed by atoms with E-state index in [1.807, 2.05) is 54.9 Å². The van der Waals surface area contributed by atoms with Crippen LogP contribution in [0.15, 0.2) is 72.6 Å². The van der Waals surface area contributed by atoms with E-state index in [1.165, 1.54) is 0 Å². The van der Waals surface area contributed by atoms with Gasteiger partial charge in [-0.1, -0.05) is 49.4 Å². The van der Waals surface area contributed by atoms with Crippen LogP contribution in [-0.4, -0.2) is 45.7 Å². The van der Waals surface area contributed by atoms with Gasteiger partial charge in [-0.25, -0.2) is 8.78 Å². The molecule has 2 aliphatic rings. The number of hydrogen-bond donors (Lipinski definition) is 0. The number of nitrogens with zero attached hydrogens (tertiary/aromatic N) is 3. The zero-order valence-electron chi connectivity index (χ0n) is 24.6. The summed E-state index contributed by atoms with van der Waals surface area (Å²) in [6, 6.07) is 8.26. The molecule has 1 aliphatic carbocycles. The fraction of sp³-hybridized carbons (Fsp3) is 0.441. The third-order valence-electron chi connectivity index (χ3n) is 8.66. The van der Waals surface area contributed by atoms with Crippen LogP contribution >= 0.6 is 0 Å². The molecule has 4 rings (SSSR count). The Morgan fingerprint density at radius 2 is 1.76 bits per heavy atom. The molecule has 2 heterocycles. The lowest BCUT2D eigenvalue weighted by Gasteiger charge is -2.39. The second-order valence-corrected chi connectivity index (χ2v) is 11.5. The van der Waals surface area contributed by atoms with E-state index in [0.29, 0.717) is 50.8 Å². The summed E-state index contributed by atoms with van der Waals surface area (Å²) in [6.07, 6.45) is 10.2. The summed E-state index contributed by atoms with van der Waals surface area (Å²) in [5.74, 6) is -1.95. The van der Waals surface area contributed by atoms with Crippen molar-refractivity contribution in [2.24, 2.45) is 0 Å². The molecule has 0 bridgehead atoms. The van der Waals surface area contributed by atoms with Crippen LogP contribution in [0.5, 0.6) is 0 Å². The number of pyridine rings is 1. The molecule has 3 atom stereocenters. The number of carbonyl (C=O) groups is 2. The molecule has 41 heavy (non-hydrogen) atoms. The average molecular weight is 562 g/mol. The van der Waals surface area contributed by atoms with Crippen LogP contribution < -0.4 is 0 Å². The highest BCUT2D eigenvalue weighted by Gasteiger charge is 2.35. The van der Waals surface area contributed by atoms with Crippen LogP contribution in [0, 0.1) is 11.6 Å². The van der Waals surface area contributed by atoms with Crippen molar-refractivity contribution in [1.29, 1.82) is 0 Å². The molecule has 0 saturated carbocycles. The molecule has 3 unspecified atom stereocenters. The van der Waals surface area contributed by atoms with Crippen molar-refractivity contribution in [2.45, 2.75) is 83.6 Å². The number of carbonyl (C=O) groups excluding carboxylic acids is 2. The largest absolute Gasteiger partial charge is 0.343 e. The van der Waals surface area contributed by atoms with Crippen LogP contribution in [0.2, 0.25) is 0 Å². The van der Waals surface area contributed by atoms with Crippen molar-refractivity contribution in [2.75, 3.05) is 13.1 Å². The monoisotopic (exact) mass is 561 g/mol. The molecule has 1 fully saturated rings. The van der Waals surface area contributed by atoms with E-state index in [0.717, 1.165) is 28.6 Å². The van der Waals surface area contributed by atoms with Gasteiger partial charge in [-0.15, -0.1) is 0 Å². The Bertz CT molecular complexity index is 1340. The lowest BCUT2D eigenvalue weighted by atomic mass is 9.81. The molecule has 0 radical (unpaired) electrons. The number of aromatic nitrogens is 1. The fourth-order valence-electron chi connectivity index (χ4n) is 6.55. The Balaban J connectivity index is 1.48. The highest BCUT2D eigenvalue weighted by atomic mass is 19.2. The highest BCUT2D eigenvalue weighted by Crippen LogP contribution is 2.46. The number of likely N-dealkylation sites (tertiary alicyclic amines) is 1. The van der Waals surface area contributed by atoms with Gasteiger partial charge in [0.05, 0.1) is 0 Å². The summed E-state index contributed by atoms with van der Waals surface area (Å²) in [7, 11) is 0. The van der Waals surface area contributed by atoms with Gasteiger partial charge in [0.15, 0.2) is 11.6 Å². The van der Waals surface area contributed by atoms with Crippen LogP contribution in [0.4, 0.5) is 8.78 Å². The van der Waals surface area contributed by atoms with Crippen molar-refractivity contribution in [3.8, 4) is 0 Å². The number of piperidine rings is 1. The standard InChI is InChI=1S/C34H41F2N3O2/c1-6-7-13-31(22(2)3)39(24(5)40)26-16-19-38(20-17-26)32(41)21-25-14-15-27(29-10-8-12-30(35)33(29)36)23(4)28-11-9-18-37-34(25)28/h6-13,18,23,25-27H,1,14-17,19-21H2,2-5H3/b13-7-. The predicted octanol–water partition coefficient (Wildman–Crippen LogP) is 7.39. The lowest BCUT2D eigenvalue weighted by Crippen LogP contribution is -2.48. The second-order valence-electron chi connectivity index (χ2n) is 11.5. The molecule has 0 spiro atoms. The Morgan fingerprint density at radius 3 is 2.41 bits per heavy atom. The number of amides is 2. The third-order valence-corrected chi connectivity index (χ3v) is 8.66. The minimum atomic E-state index is -0.836. The predicted molar refractivity (Wildman–Crippen MR) is 158 cm³/mol. The van der Waals surface area contributed by atoms with E-state index in [1.54, 1.807) is 31.3 Å². The van der Waals surface area contributed by atoms with Gasteiger partial charge in [0, 0.05) is 56.0 Å². The van der Waals surface area contributed by atoms with Crippen molar-refractivity contribution >= 4 is 11.8 Å². The van der Waals surface area contributed by atoms with E-state index < -0.39 is 11.6 Å². The molecule has 1 aromatic carbocycles. The quantitative estimate of drug-likeness (QED) is 0.262. The third kappa shape index (κ3) is 6.66. The lowest BCUT2D eigenvalue weighted by molar-refractivity contribution is -0.134. The first kappa shape index (κ1) is 30.4. The maximum Gasteiger partial charge on any atom is 0.224 e. The van der Waals surface area contributed by atoms with E-state index in [2.05, 4.69) is 6.58 Å². The van der Waals surface area contributed by atoms with E-state index in [9.17, 15) is 18.4 Å². The SMILES string of the molecule is C=C/C=C\C(=C(C)C)N(C(C)=O)C1CCN(C(=O)CC2CCC(c3cccc(F)c3F)C(C)c3cccnc32)CC1. The van der Waals surface area contributed by atoms with Crippen molar-refractivity contribution < 1.29 is 18.4 Å². The number of fused-ring (bicyclic) bond motifs is 1. The fourth-order valence-corrected chi connectivity index (χ4v) is 6.55. The molecule has 1 saturated heterocycles. The Kier molecular flexibility index (Phi) is 9.90. The van der Waals surface area contributed by atoms with Gasteiger partial charge in [-0.05, 0) is 80.7 Å². The summed E-state index contributed by atoms with van der Waals surface area (Å²) in [4.78, 5) is 34.7. The first-order valence-corrected chi connectivity index (χ1v) is 14.6. The van der Waals surface area contributed by atoms with Crippen LogP contribution in [0.25, 0.3) is 0 Å². The van der Waals surface area contributed by atoms with Gasteiger partial charge in [0.1, 0.15) is 0 Å². The van der Waals surface area contributed by atoms with Gasteiger partial charge >= 0.3 is 0 Å². The Labute approximate surface area is 242 Å². The van der Waals surface area contributed by atoms with Crippen molar-refractivity contribution in [1.82, 2.24) is 14.8 Å². The smallest absolute Gasteiger partial charge is 0.224 e. The van der Waals surface area contributed by atoms with Gasteiger partial charge in [-0.3, -0.25) is 14.6 Å². The number of benzene rings is 1. The highest BCUT2D eigenvalue weighted by molar-refractivity contribution is 5.78. The van der Waals surface area contributed by atoms with Gasteiger partial charge in [-0.2, -0.15) is 0 Å². The molecule has 2 amide bonds. The molecule has 1 aromatic heterocycles. The number of halogens is 2. The Morgan fingerprint density at radius 1 is 1.05 bits per heavy atom. The zero-order chi connectivity index (χ0) is 29.7. The summed E-state index contributed by atoms with van der Waals surface area (Å²) >= 11 is 0. The van der Waals surface area contributed by atoms with Gasteiger partial charge < -0.3 is 9.80 Å². The molecule has 1 aliphatic heterocycles. The van der Waals surface area contributed by atoms with E-state index >= 15 is 0 Å². The topological polar surface area (TPSA) is 53.5 Å². The second kappa shape index (κ2) is 13.4. The van der Waals surface area contributed by atoms with Crippen molar-refractivity contribution in [3.63, 3.8) is 0 Å². The van der Waals surface area contributed by atoms with Gasteiger partial charge in [0.2, 0.25) is 11.8 Å². The zero-order valence-corrected chi connectivity index (χ0v) is 24.6. The maximum atomic E-state index is 14.8. The molecular formula is C34H41F2N3O2. The van der Waals surface area contributed by atoms with E-state index in [4.69, 9.17) is 4.98 Å². The van der Waals surface area contributed by atoms with Crippen molar-refractivity contribution in [3.05, 3.63) is 101 Å². The molecular weight excluding hydrogens is 520 g/mol. The first-order chi connectivity index (χ1) is 19.6. The number of rotatable bonds is 7. The summed E-state index contributed by atoms with van der Waals surface area (Å²) < 4.78 is 28.9. The van der Waals surface area contributed by atoms with Crippen LogP contribution in [0.3, 0.4) is 0 Å². The summed E-state index contributed by atoms with van der Waals surface area (Å²) in [5, 5.41) is 0.